The third-order valence-corrected chi connectivity index (χ3v) is 8.76. The Labute approximate surface area is 193 Å². The average molecular weight is 491 g/mol. The fourth-order valence-electron chi connectivity index (χ4n) is 3.67. The molecule has 0 unspecified atom stereocenters. The van der Waals surface area contributed by atoms with Crippen molar-refractivity contribution < 1.29 is 16.8 Å². The van der Waals surface area contributed by atoms with Crippen LogP contribution < -0.4 is 4.72 Å². The van der Waals surface area contributed by atoms with E-state index >= 15 is 0 Å². The molecule has 1 heterocycles. The van der Waals surface area contributed by atoms with Crippen molar-refractivity contribution in [2.45, 2.75) is 30.5 Å². The Balaban J connectivity index is 1.52. The van der Waals surface area contributed by atoms with Gasteiger partial charge in [0.25, 0.3) is 0 Å². The van der Waals surface area contributed by atoms with Gasteiger partial charge in [-0.25, -0.2) is 16.8 Å². The number of hydrogen-bond acceptors (Lipinski definition) is 4. The Kier molecular flexibility index (Phi) is 6.31. The smallest absolute Gasteiger partial charge is 0.243 e. The van der Waals surface area contributed by atoms with Gasteiger partial charge in [0.05, 0.1) is 10.6 Å². The number of rotatable bonds is 6. The minimum Gasteiger partial charge on any atom is -0.283 e. The van der Waals surface area contributed by atoms with Crippen LogP contribution in [-0.2, 0) is 38.8 Å². The molecule has 0 saturated heterocycles. The van der Waals surface area contributed by atoms with E-state index in [-0.39, 0.29) is 17.2 Å². The van der Waals surface area contributed by atoms with E-state index in [0.29, 0.717) is 29.2 Å². The first-order valence-electron chi connectivity index (χ1n) is 10.1. The third-order valence-electron chi connectivity index (χ3n) is 5.39. The van der Waals surface area contributed by atoms with Crippen LogP contribution in [0.25, 0.3) is 0 Å². The Morgan fingerprint density at radius 2 is 1.59 bits per heavy atom. The molecule has 3 aromatic rings. The molecular weight excluding hydrogens is 468 g/mol. The number of halogens is 1. The number of benzene rings is 3. The van der Waals surface area contributed by atoms with E-state index in [4.69, 9.17) is 11.6 Å². The van der Waals surface area contributed by atoms with Crippen LogP contribution in [0.3, 0.4) is 0 Å². The molecule has 168 valence electrons. The number of aryl methyl sites for hydroxylation is 1. The van der Waals surface area contributed by atoms with Gasteiger partial charge in [-0.1, -0.05) is 47.5 Å². The maximum absolute atomic E-state index is 13.0. The van der Waals surface area contributed by atoms with Gasteiger partial charge < -0.3 is 0 Å². The van der Waals surface area contributed by atoms with Crippen molar-refractivity contribution in [1.29, 1.82) is 0 Å². The summed E-state index contributed by atoms with van der Waals surface area (Å²) in [5.41, 5.74) is 3.97. The van der Waals surface area contributed by atoms with E-state index in [0.717, 1.165) is 16.7 Å². The molecule has 0 fully saturated rings. The molecule has 0 radical (unpaired) electrons. The van der Waals surface area contributed by atoms with Crippen LogP contribution >= 0.6 is 11.6 Å². The van der Waals surface area contributed by atoms with Gasteiger partial charge in [-0.2, -0.15) is 4.31 Å². The van der Waals surface area contributed by atoms with Gasteiger partial charge >= 0.3 is 0 Å². The number of sulfonamides is 2. The Hall–Kier alpha value is -2.39. The molecule has 0 saturated carbocycles. The Morgan fingerprint density at radius 1 is 0.906 bits per heavy atom. The third kappa shape index (κ3) is 5.15. The minimum atomic E-state index is -3.68. The van der Waals surface area contributed by atoms with Crippen LogP contribution in [0, 0.1) is 6.92 Å². The number of anilines is 1. The van der Waals surface area contributed by atoms with Crippen LogP contribution in [0.5, 0.6) is 0 Å². The summed E-state index contributed by atoms with van der Waals surface area (Å²) in [5, 5.41) is 0.468. The van der Waals surface area contributed by atoms with E-state index in [1.54, 1.807) is 36.4 Å². The number of nitrogens with one attached hydrogen (secondary N) is 1. The van der Waals surface area contributed by atoms with Crippen LogP contribution in [-0.4, -0.2) is 27.7 Å². The Bertz CT molecular complexity index is 1340. The summed E-state index contributed by atoms with van der Waals surface area (Å²) in [4.78, 5) is 0.181. The zero-order chi connectivity index (χ0) is 22.9. The van der Waals surface area contributed by atoms with Crippen LogP contribution in [0.1, 0.15) is 22.3 Å². The summed E-state index contributed by atoms with van der Waals surface area (Å²) in [5.74, 6) is -0.137. The van der Waals surface area contributed by atoms with Gasteiger partial charge in [-0.05, 0) is 66.4 Å². The normalized spacial score (nSPS) is 14.7. The summed E-state index contributed by atoms with van der Waals surface area (Å²) >= 11 is 5.88. The van der Waals surface area contributed by atoms with Crippen LogP contribution in [0.15, 0.2) is 71.6 Å². The number of nitrogens with zero attached hydrogens (tertiary/aromatic N) is 1. The zero-order valence-electron chi connectivity index (χ0n) is 17.5. The van der Waals surface area contributed by atoms with Crippen molar-refractivity contribution >= 4 is 37.3 Å². The van der Waals surface area contributed by atoms with Gasteiger partial charge in [0.1, 0.15) is 0 Å². The lowest BCUT2D eigenvalue weighted by molar-refractivity contribution is 0.391. The van der Waals surface area contributed by atoms with Crippen molar-refractivity contribution in [1.82, 2.24) is 4.31 Å². The zero-order valence-corrected chi connectivity index (χ0v) is 19.8. The molecular formula is C23H23ClN2O4S2. The molecule has 32 heavy (non-hydrogen) atoms. The maximum Gasteiger partial charge on any atom is 0.243 e. The number of fused-ring (bicyclic) bond motifs is 1. The highest BCUT2D eigenvalue weighted by atomic mass is 35.5. The van der Waals surface area contributed by atoms with Gasteiger partial charge in [-0.15, -0.1) is 0 Å². The van der Waals surface area contributed by atoms with E-state index in [1.807, 2.05) is 25.1 Å². The average Bonchev–Trinajstić information content (AvgIpc) is 2.74. The largest absolute Gasteiger partial charge is 0.283 e. The lowest BCUT2D eigenvalue weighted by atomic mass is 10.0. The van der Waals surface area contributed by atoms with E-state index < -0.39 is 20.0 Å². The highest BCUT2D eigenvalue weighted by Gasteiger charge is 2.28. The maximum atomic E-state index is 13.0. The molecule has 1 aliphatic heterocycles. The summed E-state index contributed by atoms with van der Waals surface area (Å²) in [6, 6.07) is 18.7. The lowest BCUT2D eigenvalue weighted by Gasteiger charge is -2.28. The first kappa shape index (κ1) is 22.8. The Morgan fingerprint density at radius 3 is 2.28 bits per heavy atom. The van der Waals surface area contributed by atoms with E-state index in [1.165, 1.54) is 16.4 Å². The fraction of sp³-hybridized carbons (Fsp3) is 0.217. The predicted octanol–water partition coefficient (Wildman–Crippen LogP) is 4.34. The molecule has 1 aliphatic rings. The first-order valence-corrected chi connectivity index (χ1v) is 13.5. The minimum absolute atomic E-state index is 0.137. The van der Waals surface area contributed by atoms with Gasteiger partial charge in [-0.3, -0.25) is 4.72 Å². The van der Waals surface area contributed by atoms with Crippen molar-refractivity contribution in [2.24, 2.45) is 0 Å². The highest BCUT2D eigenvalue weighted by molar-refractivity contribution is 7.91. The molecule has 1 N–H and O–H groups in total. The topological polar surface area (TPSA) is 83.6 Å². The second-order valence-corrected chi connectivity index (χ2v) is 12.0. The molecule has 0 aromatic heterocycles. The predicted molar refractivity (Wildman–Crippen MR) is 127 cm³/mol. The molecule has 3 aromatic carbocycles. The summed E-state index contributed by atoms with van der Waals surface area (Å²) < 4.78 is 55.3. The van der Waals surface area contributed by atoms with Crippen molar-refractivity contribution in [3.05, 3.63) is 94.0 Å². The monoisotopic (exact) mass is 490 g/mol. The van der Waals surface area contributed by atoms with Crippen LogP contribution in [0.2, 0.25) is 5.02 Å². The van der Waals surface area contributed by atoms with E-state index in [2.05, 4.69) is 4.72 Å². The molecule has 0 amide bonds. The van der Waals surface area contributed by atoms with Crippen molar-refractivity contribution in [3.63, 3.8) is 0 Å². The number of hydrogen-bond donors (Lipinski definition) is 1. The molecule has 0 atom stereocenters. The standard InChI is InChI=1S/C23H23ClN2O4S2/c1-17-2-4-18(5-3-17)16-31(27,28)25-22-9-6-19-12-13-26(15-20(19)14-22)32(29,30)23-10-7-21(24)8-11-23/h2-11,14,25H,12-13,15-16H2,1H3. The van der Waals surface area contributed by atoms with Crippen molar-refractivity contribution in [2.75, 3.05) is 11.3 Å². The summed E-state index contributed by atoms with van der Waals surface area (Å²) in [7, 11) is -7.29. The lowest BCUT2D eigenvalue weighted by Crippen LogP contribution is -2.36. The van der Waals surface area contributed by atoms with Crippen LogP contribution in [0.4, 0.5) is 5.69 Å². The molecule has 4 rings (SSSR count). The molecule has 9 heteroatoms. The molecule has 6 nitrogen and oxygen atoms in total. The molecule has 0 spiro atoms. The van der Waals surface area contributed by atoms with Crippen molar-refractivity contribution in [3.8, 4) is 0 Å². The quantitative estimate of drug-likeness (QED) is 0.557. The van der Waals surface area contributed by atoms with E-state index in [9.17, 15) is 16.8 Å². The molecule has 0 aliphatic carbocycles. The van der Waals surface area contributed by atoms with Gasteiger partial charge in [0, 0.05) is 23.8 Å². The first-order chi connectivity index (χ1) is 15.1. The second-order valence-electron chi connectivity index (χ2n) is 7.87. The summed E-state index contributed by atoms with van der Waals surface area (Å²) in [6.45, 7) is 2.48. The summed E-state index contributed by atoms with van der Waals surface area (Å²) in [6.07, 6.45) is 0.554. The van der Waals surface area contributed by atoms with Gasteiger partial charge in [0.2, 0.25) is 20.0 Å². The fourth-order valence-corrected chi connectivity index (χ4v) is 6.41. The highest BCUT2D eigenvalue weighted by Crippen LogP contribution is 2.28. The molecule has 0 bridgehead atoms. The SMILES string of the molecule is Cc1ccc(CS(=O)(=O)Nc2ccc3c(c2)CN(S(=O)(=O)c2ccc(Cl)cc2)CC3)cc1. The van der Waals surface area contributed by atoms with Gasteiger partial charge in [0.15, 0.2) is 0 Å². The second kappa shape index (κ2) is 8.86.